The Hall–Kier alpha value is -3.90. The van der Waals surface area contributed by atoms with Crippen LogP contribution in [-0.4, -0.2) is 11.7 Å². The number of nitrogens with one attached hydrogen (secondary N) is 2. The van der Waals surface area contributed by atoms with Gasteiger partial charge in [0.1, 0.15) is 0 Å². The van der Waals surface area contributed by atoms with Crippen molar-refractivity contribution in [1.82, 2.24) is 0 Å². The van der Waals surface area contributed by atoms with E-state index < -0.39 is 0 Å². The molecule has 3 aromatic rings. The normalized spacial score (nSPS) is 13.8. The highest BCUT2D eigenvalue weighted by Crippen LogP contribution is 2.33. The molecule has 1 aliphatic rings. The van der Waals surface area contributed by atoms with Crippen molar-refractivity contribution in [3.8, 4) is 0 Å². The van der Waals surface area contributed by atoms with E-state index in [2.05, 4.69) is 10.6 Å². The third kappa shape index (κ3) is 3.74. The van der Waals surface area contributed by atoms with Crippen molar-refractivity contribution < 1.29 is 9.59 Å². The number of ketones is 1. The minimum atomic E-state index is -0.223. The zero-order chi connectivity index (χ0) is 20.4. The van der Waals surface area contributed by atoms with E-state index in [9.17, 15) is 9.59 Å². The molecule has 3 aromatic carbocycles. The fourth-order valence-corrected chi connectivity index (χ4v) is 3.22. The number of fused-ring (bicyclic) bond motifs is 1. The molecule has 0 saturated carbocycles. The van der Waals surface area contributed by atoms with Crippen molar-refractivity contribution in [3.63, 3.8) is 0 Å². The van der Waals surface area contributed by atoms with E-state index in [1.54, 1.807) is 48.7 Å². The standard InChI is InChI=1S/C23H20N4O2/c24-12-14-4-7-18(8-5-14)26-13-20-19-9-6-16(11-21(19)27-23(20)29)22(28)15-2-1-3-17(25)10-15/h1-11,13,26H,12,24-25H2,(H,27,29). The van der Waals surface area contributed by atoms with Gasteiger partial charge in [-0.05, 0) is 35.9 Å². The van der Waals surface area contributed by atoms with Gasteiger partial charge in [0.25, 0.3) is 5.91 Å². The molecule has 0 saturated heterocycles. The van der Waals surface area contributed by atoms with Crippen LogP contribution in [0.1, 0.15) is 27.0 Å². The van der Waals surface area contributed by atoms with Gasteiger partial charge in [-0.15, -0.1) is 0 Å². The Kier molecular flexibility index (Phi) is 4.85. The maximum atomic E-state index is 12.7. The summed E-state index contributed by atoms with van der Waals surface area (Å²) in [6.07, 6.45) is 1.66. The van der Waals surface area contributed by atoms with Crippen LogP contribution in [0.5, 0.6) is 0 Å². The largest absolute Gasteiger partial charge is 0.399 e. The molecule has 6 heteroatoms. The molecule has 6 N–H and O–H groups in total. The van der Waals surface area contributed by atoms with Crippen molar-refractivity contribution in [3.05, 3.63) is 95.2 Å². The molecule has 1 aliphatic heterocycles. The quantitative estimate of drug-likeness (QED) is 0.306. The third-order valence-corrected chi connectivity index (χ3v) is 4.79. The molecule has 29 heavy (non-hydrogen) atoms. The van der Waals surface area contributed by atoms with Gasteiger partial charge in [-0.3, -0.25) is 9.59 Å². The molecule has 0 fully saturated rings. The van der Waals surface area contributed by atoms with Crippen LogP contribution in [0.2, 0.25) is 0 Å². The molecule has 1 amide bonds. The second-order valence-corrected chi connectivity index (χ2v) is 6.77. The van der Waals surface area contributed by atoms with Crippen LogP contribution >= 0.6 is 0 Å². The summed E-state index contributed by atoms with van der Waals surface area (Å²) in [5.41, 5.74) is 16.6. The summed E-state index contributed by atoms with van der Waals surface area (Å²) in [7, 11) is 0. The lowest BCUT2D eigenvalue weighted by Crippen LogP contribution is -2.05. The summed E-state index contributed by atoms with van der Waals surface area (Å²) in [6.45, 7) is 0.480. The predicted octanol–water partition coefficient (Wildman–Crippen LogP) is 3.36. The molecule has 4 rings (SSSR count). The van der Waals surface area contributed by atoms with Crippen LogP contribution in [-0.2, 0) is 11.3 Å². The summed E-state index contributed by atoms with van der Waals surface area (Å²) in [5.74, 6) is -0.371. The molecule has 0 spiro atoms. The van der Waals surface area contributed by atoms with E-state index in [4.69, 9.17) is 11.5 Å². The third-order valence-electron chi connectivity index (χ3n) is 4.79. The maximum Gasteiger partial charge on any atom is 0.257 e. The number of anilines is 3. The van der Waals surface area contributed by atoms with Crippen molar-refractivity contribution in [2.45, 2.75) is 6.54 Å². The Labute approximate surface area is 168 Å². The van der Waals surface area contributed by atoms with Gasteiger partial charge in [-0.25, -0.2) is 0 Å². The lowest BCUT2D eigenvalue weighted by Gasteiger charge is -2.06. The highest BCUT2D eigenvalue weighted by molar-refractivity contribution is 6.32. The van der Waals surface area contributed by atoms with Gasteiger partial charge in [-0.2, -0.15) is 0 Å². The van der Waals surface area contributed by atoms with E-state index >= 15 is 0 Å². The van der Waals surface area contributed by atoms with Crippen LogP contribution in [0.3, 0.4) is 0 Å². The number of carbonyl (C=O) groups excluding carboxylic acids is 2. The van der Waals surface area contributed by atoms with E-state index in [0.717, 1.165) is 16.8 Å². The van der Waals surface area contributed by atoms with Crippen LogP contribution in [0.25, 0.3) is 5.57 Å². The minimum absolute atomic E-state index is 0.148. The first-order chi connectivity index (χ1) is 14.0. The van der Waals surface area contributed by atoms with Crippen molar-refractivity contribution in [2.75, 3.05) is 16.4 Å². The Morgan fingerprint density at radius 2 is 1.76 bits per heavy atom. The zero-order valence-electron chi connectivity index (χ0n) is 15.6. The van der Waals surface area contributed by atoms with Gasteiger partial charge in [-0.1, -0.05) is 36.4 Å². The molecule has 0 atom stereocenters. The first-order valence-electron chi connectivity index (χ1n) is 9.17. The number of nitrogen functional groups attached to an aromatic ring is 1. The molecule has 0 radical (unpaired) electrons. The second kappa shape index (κ2) is 7.61. The van der Waals surface area contributed by atoms with Gasteiger partial charge in [0.15, 0.2) is 5.78 Å². The lowest BCUT2D eigenvalue weighted by atomic mass is 9.99. The number of benzene rings is 3. The molecule has 144 valence electrons. The van der Waals surface area contributed by atoms with E-state index in [0.29, 0.717) is 34.6 Å². The first kappa shape index (κ1) is 18.5. The molecule has 0 bridgehead atoms. The Morgan fingerprint density at radius 1 is 1.00 bits per heavy atom. The van der Waals surface area contributed by atoms with Crippen LogP contribution in [0.15, 0.2) is 72.9 Å². The van der Waals surface area contributed by atoms with Gasteiger partial charge in [0, 0.05) is 46.5 Å². The number of amides is 1. The summed E-state index contributed by atoms with van der Waals surface area (Å²) in [4.78, 5) is 25.1. The average Bonchev–Trinajstić information content (AvgIpc) is 3.06. The predicted molar refractivity (Wildman–Crippen MR) is 115 cm³/mol. The van der Waals surface area contributed by atoms with Gasteiger partial charge >= 0.3 is 0 Å². The summed E-state index contributed by atoms with van der Waals surface area (Å²) in [5, 5.41) is 5.95. The van der Waals surface area contributed by atoms with Crippen LogP contribution in [0, 0.1) is 0 Å². The smallest absolute Gasteiger partial charge is 0.257 e. The van der Waals surface area contributed by atoms with Gasteiger partial charge in [0.05, 0.1) is 5.57 Å². The highest BCUT2D eigenvalue weighted by atomic mass is 16.2. The second-order valence-electron chi connectivity index (χ2n) is 6.77. The molecule has 6 nitrogen and oxygen atoms in total. The monoisotopic (exact) mass is 384 g/mol. The Morgan fingerprint density at radius 3 is 2.48 bits per heavy atom. The molecular formula is C23H20N4O2. The number of hydrogen-bond donors (Lipinski definition) is 4. The van der Waals surface area contributed by atoms with Crippen LogP contribution in [0.4, 0.5) is 17.1 Å². The van der Waals surface area contributed by atoms with Crippen molar-refractivity contribution in [1.29, 1.82) is 0 Å². The SMILES string of the molecule is NCc1ccc(NC=C2C(=O)Nc3cc(C(=O)c4cccc(N)c4)ccc32)cc1. The zero-order valence-corrected chi connectivity index (χ0v) is 15.6. The molecule has 0 aromatic heterocycles. The van der Waals surface area contributed by atoms with E-state index in [1.165, 1.54) is 0 Å². The summed E-state index contributed by atoms with van der Waals surface area (Å²) >= 11 is 0. The van der Waals surface area contributed by atoms with Gasteiger partial charge in [0.2, 0.25) is 0 Å². The van der Waals surface area contributed by atoms with E-state index in [1.807, 2.05) is 24.3 Å². The number of hydrogen-bond acceptors (Lipinski definition) is 5. The fraction of sp³-hybridized carbons (Fsp3) is 0.0435. The van der Waals surface area contributed by atoms with Crippen molar-refractivity contribution >= 4 is 34.3 Å². The number of rotatable bonds is 5. The average molecular weight is 384 g/mol. The van der Waals surface area contributed by atoms with Crippen LogP contribution < -0.4 is 22.1 Å². The molecule has 1 heterocycles. The molecule has 0 unspecified atom stereocenters. The van der Waals surface area contributed by atoms with E-state index in [-0.39, 0.29) is 11.7 Å². The molecular weight excluding hydrogens is 364 g/mol. The Bertz CT molecular complexity index is 1130. The Balaban J connectivity index is 1.58. The fourth-order valence-electron chi connectivity index (χ4n) is 3.22. The maximum absolute atomic E-state index is 12.7. The van der Waals surface area contributed by atoms with Gasteiger partial charge < -0.3 is 22.1 Å². The lowest BCUT2D eigenvalue weighted by molar-refractivity contribution is -0.110. The topological polar surface area (TPSA) is 110 Å². The first-order valence-corrected chi connectivity index (χ1v) is 9.17. The minimum Gasteiger partial charge on any atom is -0.399 e. The number of carbonyl (C=O) groups is 2. The number of nitrogens with two attached hydrogens (primary N) is 2. The summed E-state index contributed by atoms with van der Waals surface area (Å²) < 4.78 is 0. The summed E-state index contributed by atoms with van der Waals surface area (Å²) in [6, 6.07) is 19.7. The highest BCUT2D eigenvalue weighted by Gasteiger charge is 2.25. The van der Waals surface area contributed by atoms with Crippen molar-refractivity contribution in [2.24, 2.45) is 5.73 Å². The molecule has 0 aliphatic carbocycles.